The van der Waals surface area contributed by atoms with Gasteiger partial charge in [0, 0.05) is 15.7 Å². The molecule has 4 aromatic rings. The molecule has 0 fully saturated rings. The van der Waals surface area contributed by atoms with E-state index in [-0.39, 0.29) is 22.3 Å². The number of hydrogen-bond donors (Lipinski definition) is 0. The second-order valence-electron chi connectivity index (χ2n) is 7.26. The predicted molar refractivity (Wildman–Crippen MR) is 126 cm³/mol. The van der Waals surface area contributed by atoms with E-state index in [1.54, 1.807) is 60.7 Å². The Morgan fingerprint density at radius 2 is 1.62 bits per heavy atom. The smallest absolute Gasteiger partial charge is 0.295 e. The van der Waals surface area contributed by atoms with E-state index < -0.39 is 11.9 Å². The lowest BCUT2D eigenvalue weighted by Crippen LogP contribution is -2.29. The van der Waals surface area contributed by atoms with Crippen molar-refractivity contribution in [1.82, 2.24) is 0 Å². The molecule has 2 heterocycles. The average Bonchev–Trinajstić information content (AvgIpc) is 3.07. The van der Waals surface area contributed by atoms with Crippen molar-refractivity contribution in [2.45, 2.75) is 6.04 Å². The molecular formula is C24H14Cl3NO4. The van der Waals surface area contributed by atoms with Crippen molar-refractivity contribution in [2.75, 3.05) is 12.0 Å². The number of hydrogen-bond acceptors (Lipinski definition) is 4. The Balaban J connectivity index is 1.80. The number of halogens is 3. The van der Waals surface area contributed by atoms with Crippen LogP contribution >= 0.6 is 34.8 Å². The first-order chi connectivity index (χ1) is 15.4. The van der Waals surface area contributed by atoms with Crippen LogP contribution in [0.5, 0.6) is 5.75 Å². The normalized spacial score (nSPS) is 15.3. The van der Waals surface area contributed by atoms with E-state index >= 15 is 0 Å². The maximum absolute atomic E-state index is 13.5. The molecule has 1 unspecified atom stereocenters. The van der Waals surface area contributed by atoms with Crippen molar-refractivity contribution < 1.29 is 13.9 Å². The number of fused-ring (bicyclic) bond motifs is 2. The summed E-state index contributed by atoms with van der Waals surface area (Å²) in [5, 5.41) is 1.57. The molecule has 8 heteroatoms. The van der Waals surface area contributed by atoms with Crippen molar-refractivity contribution in [2.24, 2.45) is 0 Å². The van der Waals surface area contributed by atoms with Crippen LogP contribution in [-0.2, 0) is 0 Å². The Morgan fingerprint density at radius 3 is 2.31 bits per heavy atom. The van der Waals surface area contributed by atoms with Crippen LogP contribution in [0.4, 0.5) is 5.69 Å². The molecular weight excluding hydrogens is 473 g/mol. The lowest BCUT2D eigenvalue weighted by atomic mass is 9.98. The lowest BCUT2D eigenvalue weighted by Gasteiger charge is -2.25. The summed E-state index contributed by atoms with van der Waals surface area (Å²) in [5.74, 6) is 0.00375. The van der Waals surface area contributed by atoms with Gasteiger partial charge in [0.15, 0.2) is 5.43 Å². The van der Waals surface area contributed by atoms with Crippen molar-refractivity contribution in [1.29, 1.82) is 0 Å². The summed E-state index contributed by atoms with van der Waals surface area (Å²) in [6, 6.07) is 15.9. The maximum atomic E-state index is 13.5. The lowest BCUT2D eigenvalue weighted by molar-refractivity contribution is 0.0971. The third-order valence-electron chi connectivity index (χ3n) is 5.43. The minimum Gasteiger partial charge on any atom is -0.495 e. The van der Waals surface area contributed by atoms with Gasteiger partial charge in [0.2, 0.25) is 5.76 Å². The average molecular weight is 487 g/mol. The second-order valence-corrected chi connectivity index (χ2v) is 8.54. The monoisotopic (exact) mass is 485 g/mol. The fraction of sp³-hybridized carbons (Fsp3) is 0.0833. The summed E-state index contributed by atoms with van der Waals surface area (Å²) in [6.07, 6.45) is 0. The van der Waals surface area contributed by atoms with Crippen LogP contribution in [0, 0.1) is 0 Å². The molecule has 5 rings (SSSR count). The Morgan fingerprint density at radius 1 is 0.906 bits per heavy atom. The number of methoxy groups -OCH3 is 1. The third-order valence-corrected chi connectivity index (χ3v) is 6.21. The largest absolute Gasteiger partial charge is 0.495 e. The predicted octanol–water partition coefficient (Wildman–Crippen LogP) is 6.51. The van der Waals surface area contributed by atoms with E-state index in [1.807, 2.05) is 0 Å². The standard InChI is InChI=1S/C24H14Cl3NO4/c1-31-19-9-7-15(11-17(19)27)28-21(12-2-4-13(25)5-3-12)20-22(29)16-10-14(26)6-8-18(16)32-23(20)24(28)30/h2-11,21H,1H3. The molecule has 5 nitrogen and oxygen atoms in total. The number of rotatable bonds is 3. The Hall–Kier alpha value is -2.99. The molecule has 32 heavy (non-hydrogen) atoms. The van der Waals surface area contributed by atoms with E-state index in [2.05, 4.69) is 0 Å². The Kier molecular flexibility index (Phi) is 5.13. The van der Waals surface area contributed by atoms with Crippen LogP contribution in [0.15, 0.2) is 69.9 Å². The molecule has 1 amide bonds. The first kappa shape index (κ1) is 20.9. The Bertz CT molecular complexity index is 1450. The summed E-state index contributed by atoms with van der Waals surface area (Å²) in [7, 11) is 1.51. The number of amides is 1. The Labute approximate surface area is 197 Å². The van der Waals surface area contributed by atoms with Gasteiger partial charge in [-0.05, 0) is 54.1 Å². The van der Waals surface area contributed by atoms with Gasteiger partial charge in [-0.1, -0.05) is 46.9 Å². The molecule has 0 aliphatic carbocycles. The molecule has 0 saturated carbocycles. The highest BCUT2D eigenvalue weighted by molar-refractivity contribution is 6.32. The number of nitrogens with zero attached hydrogens (tertiary/aromatic N) is 1. The molecule has 1 atom stereocenters. The highest BCUT2D eigenvalue weighted by Gasteiger charge is 2.43. The van der Waals surface area contributed by atoms with E-state index in [4.69, 9.17) is 44.0 Å². The topological polar surface area (TPSA) is 59.8 Å². The van der Waals surface area contributed by atoms with Gasteiger partial charge in [-0.3, -0.25) is 14.5 Å². The molecule has 0 radical (unpaired) electrons. The molecule has 1 aliphatic rings. The fourth-order valence-corrected chi connectivity index (χ4v) is 4.53. The number of anilines is 1. The second kappa shape index (κ2) is 7.85. The first-order valence-corrected chi connectivity index (χ1v) is 10.7. The SMILES string of the molecule is COc1ccc(N2C(=O)c3oc4ccc(Cl)cc4c(=O)c3C2c2ccc(Cl)cc2)cc1Cl. The summed E-state index contributed by atoms with van der Waals surface area (Å²) < 4.78 is 11.1. The third kappa shape index (κ3) is 3.25. The van der Waals surface area contributed by atoms with Crippen LogP contribution < -0.4 is 15.1 Å². The van der Waals surface area contributed by atoms with Crippen molar-refractivity contribution in [3.63, 3.8) is 0 Å². The van der Waals surface area contributed by atoms with E-state index in [1.165, 1.54) is 12.0 Å². The van der Waals surface area contributed by atoms with E-state index in [0.29, 0.717) is 37.5 Å². The number of ether oxygens (including phenoxy) is 1. The number of benzene rings is 3. The molecule has 160 valence electrons. The van der Waals surface area contributed by atoms with Crippen LogP contribution in [0.1, 0.15) is 27.7 Å². The van der Waals surface area contributed by atoms with Crippen molar-refractivity contribution >= 4 is 57.4 Å². The quantitative estimate of drug-likeness (QED) is 0.331. The summed E-state index contributed by atoms with van der Waals surface area (Å²) in [4.78, 5) is 28.6. The molecule has 0 saturated heterocycles. The molecule has 0 N–H and O–H groups in total. The van der Waals surface area contributed by atoms with Crippen LogP contribution in [0.3, 0.4) is 0 Å². The van der Waals surface area contributed by atoms with E-state index in [0.717, 1.165) is 0 Å². The van der Waals surface area contributed by atoms with Gasteiger partial charge in [-0.2, -0.15) is 0 Å². The maximum Gasteiger partial charge on any atom is 0.295 e. The summed E-state index contributed by atoms with van der Waals surface area (Å²) >= 11 is 18.5. The van der Waals surface area contributed by atoms with Gasteiger partial charge < -0.3 is 9.15 Å². The van der Waals surface area contributed by atoms with E-state index in [9.17, 15) is 9.59 Å². The number of carbonyl (C=O) groups is 1. The van der Waals surface area contributed by atoms with Crippen LogP contribution in [0.25, 0.3) is 11.0 Å². The zero-order valence-electron chi connectivity index (χ0n) is 16.6. The van der Waals surface area contributed by atoms with Crippen LogP contribution in [-0.4, -0.2) is 13.0 Å². The molecule has 0 spiro atoms. The molecule has 0 bridgehead atoms. The van der Waals surface area contributed by atoms with Gasteiger partial charge in [0.1, 0.15) is 11.3 Å². The van der Waals surface area contributed by atoms with Gasteiger partial charge in [0.25, 0.3) is 5.91 Å². The number of carbonyl (C=O) groups excluding carboxylic acids is 1. The highest BCUT2D eigenvalue weighted by atomic mass is 35.5. The van der Waals surface area contributed by atoms with Gasteiger partial charge in [-0.25, -0.2) is 0 Å². The van der Waals surface area contributed by atoms with Crippen molar-refractivity contribution in [3.05, 3.63) is 103 Å². The van der Waals surface area contributed by atoms with Gasteiger partial charge in [-0.15, -0.1) is 0 Å². The van der Waals surface area contributed by atoms with Gasteiger partial charge in [0.05, 0.1) is 29.1 Å². The first-order valence-electron chi connectivity index (χ1n) is 9.58. The highest BCUT2D eigenvalue weighted by Crippen LogP contribution is 2.43. The zero-order chi connectivity index (χ0) is 22.6. The molecule has 1 aliphatic heterocycles. The van der Waals surface area contributed by atoms with Crippen LogP contribution in [0.2, 0.25) is 15.1 Å². The summed E-state index contributed by atoms with van der Waals surface area (Å²) in [6.45, 7) is 0. The van der Waals surface area contributed by atoms with Gasteiger partial charge >= 0.3 is 0 Å². The minimum atomic E-state index is -0.737. The molecule has 1 aromatic heterocycles. The zero-order valence-corrected chi connectivity index (χ0v) is 18.8. The fourth-order valence-electron chi connectivity index (χ4n) is 3.98. The molecule has 3 aromatic carbocycles. The minimum absolute atomic E-state index is 0.0169. The summed E-state index contributed by atoms with van der Waals surface area (Å²) in [5.41, 5.74) is 1.39. The van der Waals surface area contributed by atoms with Crippen molar-refractivity contribution in [3.8, 4) is 5.75 Å².